The highest BCUT2D eigenvalue weighted by molar-refractivity contribution is 5.75. The van der Waals surface area contributed by atoms with E-state index in [9.17, 15) is 4.79 Å². The third-order valence-corrected chi connectivity index (χ3v) is 6.65. The number of aryl methyl sites for hydroxylation is 1. The van der Waals surface area contributed by atoms with Gasteiger partial charge in [-0.3, -0.25) is 4.79 Å². The van der Waals surface area contributed by atoms with Crippen LogP contribution in [0.2, 0.25) is 0 Å². The van der Waals surface area contributed by atoms with E-state index in [0.717, 1.165) is 31.6 Å². The quantitative estimate of drug-likeness (QED) is 0.347. The fraction of sp³-hybridized carbons (Fsp3) is 0.708. The van der Waals surface area contributed by atoms with Gasteiger partial charge in [-0.15, -0.1) is 0 Å². The van der Waals surface area contributed by atoms with Gasteiger partial charge in [0.25, 0.3) is 0 Å². The Morgan fingerprint density at radius 3 is 2.30 bits per heavy atom. The SMILES string of the molecule is CCCCCC1CCN([C@H]2CC[C@H](C(=O)Oc3ccc(C)cc3)CC2)CC1. The summed E-state index contributed by atoms with van der Waals surface area (Å²) in [5, 5.41) is 0. The molecular formula is C24H37NO2. The van der Waals surface area contributed by atoms with Crippen molar-refractivity contribution in [2.45, 2.75) is 84.1 Å². The van der Waals surface area contributed by atoms with Crippen molar-refractivity contribution in [1.29, 1.82) is 0 Å². The number of benzene rings is 1. The minimum absolute atomic E-state index is 0.0352. The van der Waals surface area contributed by atoms with Gasteiger partial charge >= 0.3 is 5.97 Å². The number of hydrogen-bond acceptors (Lipinski definition) is 3. The van der Waals surface area contributed by atoms with Gasteiger partial charge in [0.1, 0.15) is 5.75 Å². The van der Waals surface area contributed by atoms with Crippen LogP contribution in [0.25, 0.3) is 0 Å². The molecule has 2 fully saturated rings. The Morgan fingerprint density at radius 2 is 1.67 bits per heavy atom. The lowest BCUT2D eigenvalue weighted by atomic mass is 9.83. The largest absolute Gasteiger partial charge is 0.426 e. The first-order chi connectivity index (χ1) is 13.2. The number of unbranched alkanes of at least 4 members (excludes halogenated alkanes) is 2. The summed E-state index contributed by atoms with van der Waals surface area (Å²) in [6.07, 6.45) is 12.6. The molecular weight excluding hydrogens is 334 g/mol. The van der Waals surface area contributed by atoms with Crippen LogP contribution in [0.15, 0.2) is 24.3 Å². The van der Waals surface area contributed by atoms with Crippen LogP contribution in [0.4, 0.5) is 0 Å². The van der Waals surface area contributed by atoms with Crippen LogP contribution < -0.4 is 4.74 Å². The molecule has 27 heavy (non-hydrogen) atoms. The van der Waals surface area contributed by atoms with Crippen LogP contribution in [0, 0.1) is 18.8 Å². The molecule has 0 N–H and O–H groups in total. The Bertz CT molecular complexity index is 567. The number of ether oxygens (including phenoxy) is 1. The zero-order valence-electron chi connectivity index (χ0n) is 17.3. The van der Waals surface area contributed by atoms with Gasteiger partial charge in [0.15, 0.2) is 0 Å². The molecule has 1 aromatic carbocycles. The molecule has 0 bridgehead atoms. The number of piperidine rings is 1. The molecule has 3 heteroatoms. The Kier molecular flexibility index (Phi) is 7.75. The summed E-state index contributed by atoms with van der Waals surface area (Å²) in [5.74, 6) is 1.67. The Balaban J connectivity index is 1.37. The molecule has 3 rings (SSSR count). The van der Waals surface area contributed by atoms with Crippen molar-refractivity contribution in [1.82, 2.24) is 4.90 Å². The Labute approximate surface area is 165 Å². The van der Waals surface area contributed by atoms with Crippen LogP contribution in [0.3, 0.4) is 0 Å². The second-order valence-electron chi connectivity index (χ2n) is 8.71. The maximum absolute atomic E-state index is 12.5. The van der Waals surface area contributed by atoms with Gasteiger partial charge in [0.2, 0.25) is 0 Å². The summed E-state index contributed by atoms with van der Waals surface area (Å²) in [5.41, 5.74) is 1.18. The maximum Gasteiger partial charge on any atom is 0.314 e. The van der Waals surface area contributed by atoms with Crippen LogP contribution in [0.5, 0.6) is 5.75 Å². The zero-order chi connectivity index (χ0) is 19.1. The molecule has 0 atom stereocenters. The fourth-order valence-corrected chi connectivity index (χ4v) is 4.77. The molecule has 0 radical (unpaired) electrons. The summed E-state index contributed by atoms with van der Waals surface area (Å²) < 4.78 is 5.60. The number of likely N-dealkylation sites (tertiary alicyclic amines) is 1. The molecule has 0 amide bonds. The second kappa shape index (κ2) is 10.3. The molecule has 0 aromatic heterocycles. The zero-order valence-corrected chi connectivity index (χ0v) is 17.3. The average molecular weight is 372 g/mol. The molecule has 0 spiro atoms. The summed E-state index contributed by atoms with van der Waals surface area (Å²) in [4.78, 5) is 15.2. The van der Waals surface area contributed by atoms with E-state index in [0.29, 0.717) is 11.8 Å². The van der Waals surface area contributed by atoms with Crippen LogP contribution >= 0.6 is 0 Å². The van der Waals surface area contributed by atoms with Crippen LogP contribution in [0.1, 0.15) is 76.7 Å². The highest BCUT2D eigenvalue weighted by atomic mass is 16.5. The van der Waals surface area contributed by atoms with E-state index in [1.54, 1.807) is 0 Å². The van der Waals surface area contributed by atoms with Gasteiger partial charge in [-0.2, -0.15) is 0 Å². The van der Waals surface area contributed by atoms with Gasteiger partial charge in [-0.25, -0.2) is 0 Å². The van der Waals surface area contributed by atoms with Crippen LogP contribution in [-0.2, 0) is 4.79 Å². The molecule has 1 saturated carbocycles. The number of esters is 1. The molecule has 3 nitrogen and oxygen atoms in total. The summed E-state index contributed by atoms with van der Waals surface area (Å²) >= 11 is 0. The summed E-state index contributed by atoms with van der Waals surface area (Å²) in [6, 6.07) is 8.45. The topological polar surface area (TPSA) is 29.5 Å². The van der Waals surface area contributed by atoms with E-state index in [4.69, 9.17) is 4.74 Å². The lowest BCUT2D eigenvalue weighted by Gasteiger charge is -2.40. The van der Waals surface area contributed by atoms with Crippen molar-refractivity contribution in [3.05, 3.63) is 29.8 Å². The van der Waals surface area contributed by atoms with E-state index in [2.05, 4.69) is 11.8 Å². The minimum atomic E-state index is -0.0352. The fourth-order valence-electron chi connectivity index (χ4n) is 4.77. The second-order valence-corrected chi connectivity index (χ2v) is 8.71. The number of carbonyl (C=O) groups is 1. The highest BCUT2D eigenvalue weighted by Gasteiger charge is 2.32. The van der Waals surface area contributed by atoms with Gasteiger partial charge in [-0.05, 0) is 76.6 Å². The minimum Gasteiger partial charge on any atom is -0.426 e. The van der Waals surface area contributed by atoms with E-state index in [1.165, 1.54) is 57.2 Å². The molecule has 2 aliphatic rings. The van der Waals surface area contributed by atoms with Crippen molar-refractivity contribution < 1.29 is 9.53 Å². The van der Waals surface area contributed by atoms with Crippen LogP contribution in [-0.4, -0.2) is 30.0 Å². The molecule has 1 heterocycles. The van der Waals surface area contributed by atoms with Gasteiger partial charge in [-0.1, -0.05) is 50.3 Å². The lowest BCUT2D eigenvalue weighted by molar-refractivity contribution is -0.140. The smallest absolute Gasteiger partial charge is 0.314 e. The summed E-state index contributed by atoms with van der Waals surface area (Å²) in [7, 11) is 0. The first-order valence-electron chi connectivity index (χ1n) is 11.2. The molecule has 0 unspecified atom stereocenters. The molecule has 1 aliphatic carbocycles. The van der Waals surface area contributed by atoms with E-state index >= 15 is 0 Å². The lowest BCUT2D eigenvalue weighted by Crippen LogP contribution is -2.44. The maximum atomic E-state index is 12.5. The van der Waals surface area contributed by atoms with Gasteiger partial charge < -0.3 is 9.64 Å². The first kappa shape index (κ1) is 20.4. The third-order valence-electron chi connectivity index (χ3n) is 6.65. The molecule has 150 valence electrons. The highest BCUT2D eigenvalue weighted by Crippen LogP contribution is 2.32. The van der Waals surface area contributed by atoms with E-state index in [-0.39, 0.29) is 11.9 Å². The number of hydrogen-bond donors (Lipinski definition) is 0. The molecule has 1 aliphatic heterocycles. The number of rotatable bonds is 7. The monoisotopic (exact) mass is 371 g/mol. The third kappa shape index (κ3) is 6.07. The normalized spacial score (nSPS) is 24.7. The first-order valence-corrected chi connectivity index (χ1v) is 11.2. The van der Waals surface area contributed by atoms with Gasteiger partial charge in [0, 0.05) is 6.04 Å². The predicted molar refractivity (Wildman–Crippen MR) is 111 cm³/mol. The predicted octanol–water partition coefficient (Wildman–Crippen LogP) is 5.75. The molecule has 1 saturated heterocycles. The van der Waals surface area contributed by atoms with Crippen molar-refractivity contribution in [3.8, 4) is 5.75 Å². The van der Waals surface area contributed by atoms with Crippen molar-refractivity contribution in [2.24, 2.45) is 11.8 Å². The Hall–Kier alpha value is -1.35. The number of carbonyl (C=O) groups excluding carboxylic acids is 1. The van der Waals surface area contributed by atoms with E-state index in [1.807, 2.05) is 31.2 Å². The average Bonchev–Trinajstić information content (AvgIpc) is 2.70. The van der Waals surface area contributed by atoms with E-state index < -0.39 is 0 Å². The summed E-state index contributed by atoms with van der Waals surface area (Å²) in [6.45, 7) is 6.86. The number of nitrogens with zero attached hydrogens (tertiary/aromatic N) is 1. The molecule has 1 aromatic rings. The Morgan fingerprint density at radius 1 is 1.00 bits per heavy atom. The van der Waals surface area contributed by atoms with Crippen molar-refractivity contribution >= 4 is 5.97 Å². The standard InChI is InChI=1S/C24H37NO2/c1-3-4-5-6-20-15-17-25(18-16-20)22-11-9-21(10-12-22)24(26)27-23-13-7-19(2)8-14-23/h7-8,13-14,20-22H,3-6,9-12,15-18H2,1-2H3/t21-,22-. The van der Waals surface area contributed by atoms with Crippen molar-refractivity contribution in [3.63, 3.8) is 0 Å². The van der Waals surface area contributed by atoms with Crippen molar-refractivity contribution in [2.75, 3.05) is 13.1 Å². The van der Waals surface area contributed by atoms with Gasteiger partial charge in [0.05, 0.1) is 5.92 Å².